The van der Waals surface area contributed by atoms with E-state index in [0.717, 1.165) is 12.1 Å². The zero-order valence-electron chi connectivity index (χ0n) is 13.2. The van der Waals surface area contributed by atoms with Crippen molar-refractivity contribution >= 4 is 5.91 Å². The van der Waals surface area contributed by atoms with Gasteiger partial charge in [0.25, 0.3) is 0 Å². The molecule has 0 saturated carbocycles. The lowest BCUT2D eigenvalue weighted by Crippen LogP contribution is -2.47. The first-order valence-corrected chi connectivity index (χ1v) is 7.80. The van der Waals surface area contributed by atoms with Crippen LogP contribution >= 0.6 is 0 Å². The van der Waals surface area contributed by atoms with Crippen LogP contribution in [-0.2, 0) is 16.1 Å². The average molecular weight is 290 g/mol. The first kappa shape index (κ1) is 16.0. The van der Waals surface area contributed by atoms with E-state index in [0.29, 0.717) is 25.7 Å². The Kier molecular flexibility index (Phi) is 5.76. The summed E-state index contributed by atoms with van der Waals surface area (Å²) in [7, 11) is 0. The van der Waals surface area contributed by atoms with Crippen LogP contribution in [0.5, 0.6) is 0 Å². The highest BCUT2D eigenvalue weighted by Crippen LogP contribution is 2.24. The van der Waals surface area contributed by atoms with Crippen molar-refractivity contribution in [3.8, 4) is 0 Å². The average Bonchev–Trinajstić information content (AvgIpc) is 2.50. The predicted molar refractivity (Wildman–Crippen MR) is 84.2 cm³/mol. The summed E-state index contributed by atoms with van der Waals surface area (Å²) < 4.78 is 5.48. The summed E-state index contributed by atoms with van der Waals surface area (Å²) in [6, 6.07) is 8.23. The molecule has 0 aliphatic carbocycles. The number of carbonyl (C=O) groups is 1. The summed E-state index contributed by atoms with van der Waals surface area (Å²) in [5, 5.41) is 6.48. The molecule has 0 bridgehead atoms. The molecule has 4 nitrogen and oxygen atoms in total. The van der Waals surface area contributed by atoms with E-state index in [1.165, 1.54) is 5.56 Å². The maximum Gasteiger partial charge on any atom is 0.229 e. The number of hydrogen-bond donors (Lipinski definition) is 2. The van der Waals surface area contributed by atoms with Gasteiger partial charge in [0.05, 0.1) is 18.6 Å². The maximum absolute atomic E-state index is 12.6. The van der Waals surface area contributed by atoms with Crippen LogP contribution in [0, 0.1) is 5.92 Å². The van der Waals surface area contributed by atoms with E-state index in [9.17, 15) is 4.79 Å². The van der Waals surface area contributed by atoms with Gasteiger partial charge in [0.15, 0.2) is 0 Å². The van der Waals surface area contributed by atoms with Crippen molar-refractivity contribution in [2.75, 3.05) is 19.8 Å². The summed E-state index contributed by atoms with van der Waals surface area (Å²) in [5.41, 5.74) is 2.36. The summed E-state index contributed by atoms with van der Waals surface area (Å²) in [6.45, 7) is 8.97. The van der Waals surface area contributed by atoms with Gasteiger partial charge >= 0.3 is 0 Å². The van der Waals surface area contributed by atoms with Crippen molar-refractivity contribution in [3.63, 3.8) is 0 Å². The lowest BCUT2D eigenvalue weighted by atomic mass is 9.89. The third-order valence-electron chi connectivity index (χ3n) is 4.04. The first-order chi connectivity index (χ1) is 10.1. The molecule has 2 atom stereocenters. The number of carbonyl (C=O) groups excluding carboxylic acids is 1. The Morgan fingerprint density at radius 1 is 1.43 bits per heavy atom. The summed E-state index contributed by atoms with van der Waals surface area (Å²) in [5.74, 6) is 0.332. The van der Waals surface area contributed by atoms with Gasteiger partial charge in [-0.15, -0.1) is 0 Å². The summed E-state index contributed by atoms with van der Waals surface area (Å²) in [6.07, 6.45) is 0. The van der Waals surface area contributed by atoms with E-state index >= 15 is 0 Å². The van der Waals surface area contributed by atoms with Gasteiger partial charge in [-0.05, 0) is 24.0 Å². The van der Waals surface area contributed by atoms with Crippen LogP contribution in [0.15, 0.2) is 24.3 Å². The maximum atomic E-state index is 12.6. The van der Waals surface area contributed by atoms with Gasteiger partial charge in [0, 0.05) is 19.7 Å². The third kappa shape index (κ3) is 4.05. The highest BCUT2D eigenvalue weighted by atomic mass is 16.5. The second-order valence-electron chi connectivity index (χ2n) is 5.90. The zero-order chi connectivity index (χ0) is 15.2. The van der Waals surface area contributed by atoms with E-state index in [1.54, 1.807) is 0 Å². The Labute approximate surface area is 127 Å². The minimum absolute atomic E-state index is 0.0616. The molecule has 1 aromatic rings. The molecular weight excluding hydrogens is 264 g/mol. The van der Waals surface area contributed by atoms with Crippen LogP contribution in [0.1, 0.15) is 37.8 Å². The van der Waals surface area contributed by atoms with E-state index in [2.05, 4.69) is 36.6 Å². The largest absolute Gasteiger partial charge is 0.380 e. The predicted octanol–water partition coefficient (Wildman–Crippen LogP) is 2.05. The number of rotatable bonds is 6. The highest BCUT2D eigenvalue weighted by molar-refractivity contribution is 5.85. The standard InChI is InChI=1S/C17H26N2O2/c1-4-21-11-16(12(2)3)19-17(20)15-10-18-9-13-7-5-6-8-14(13)15/h5-8,12,15-16,18H,4,9-11H2,1-3H3,(H,19,20). The fraction of sp³-hybridized carbons (Fsp3) is 0.588. The Morgan fingerprint density at radius 2 is 2.19 bits per heavy atom. The van der Waals surface area contributed by atoms with Crippen molar-refractivity contribution in [2.45, 2.75) is 39.3 Å². The molecule has 1 heterocycles. The SMILES string of the molecule is CCOCC(NC(=O)C1CNCc2ccccc21)C(C)C. The van der Waals surface area contributed by atoms with E-state index in [4.69, 9.17) is 4.74 Å². The fourth-order valence-corrected chi connectivity index (χ4v) is 2.66. The highest BCUT2D eigenvalue weighted by Gasteiger charge is 2.28. The number of hydrogen-bond acceptors (Lipinski definition) is 3. The lowest BCUT2D eigenvalue weighted by Gasteiger charge is -2.29. The normalized spacial score (nSPS) is 19.1. The molecular formula is C17H26N2O2. The Hall–Kier alpha value is -1.39. The van der Waals surface area contributed by atoms with Crippen LogP contribution in [0.25, 0.3) is 0 Å². The van der Waals surface area contributed by atoms with Crippen molar-refractivity contribution in [2.24, 2.45) is 5.92 Å². The van der Waals surface area contributed by atoms with Gasteiger partial charge < -0.3 is 15.4 Å². The van der Waals surface area contributed by atoms with Crippen molar-refractivity contribution in [1.82, 2.24) is 10.6 Å². The van der Waals surface area contributed by atoms with E-state index < -0.39 is 0 Å². The number of amides is 1. The first-order valence-electron chi connectivity index (χ1n) is 7.80. The molecule has 1 aliphatic rings. The molecule has 1 amide bonds. The van der Waals surface area contributed by atoms with Gasteiger partial charge in [0.1, 0.15) is 0 Å². The van der Waals surface area contributed by atoms with Gasteiger partial charge in [-0.2, -0.15) is 0 Å². The molecule has 0 radical (unpaired) electrons. The van der Waals surface area contributed by atoms with Gasteiger partial charge in [-0.25, -0.2) is 0 Å². The molecule has 1 aromatic carbocycles. The minimum atomic E-state index is -0.113. The molecule has 2 rings (SSSR count). The number of benzene rings is 1. The molecule has 0 aromatic heterocycles. The molecule has 0 saturated heterocycles. The summed E-state index contributed by atoms with van der Waals surface area (Å²) >= 11 is 0. The quantitative estimate of drug-likeness (QED) is 0.843. The van der Waals surface area contributed by atoms with Gasteiger partial charge in [0.2, 0.25) is 5.91 Å². The smallest absolute Gasteiger partial charge is 0.229 e. The Morgan fingerprint density at radius 3 is 2.90 bits per heavy atom. The van der Waals surface area contributed by atoms with E-state index in [1.807, 2.05) is 19.1 Å². The molecule has 0 fully saturated rings. The molecule has 21 heavy (non-hydrogen) atoms. The Balaban J connectivity index is 2.06. The lowest BCUT2D eigenvalue weighted by molar-refractivity contribution is -0.124. The second kappa shape index (κ2) is 7.57. The molecule has 0 spiro atoms. The monoisotopic (exact) mass is 290 g/mol. The fourth-order valence-electron chi connectivity index (χ4n) is 2.66. The van der Waals surface area contributed by atoms with Crippen molar-refractivity contribution < 1.29 is 9.53 Å². The van der Waals surface area contributed by atoms with Gasteiger partial charge in [-0.3, -0.25) is 4.79 Å². The minimum Gasteiger partial charge on any atom is -0.380 e. The molecule has 116 valence electrons. The molecule has 1 aliphatic heterocycles. The third-order valence-corrected chi connectivity index (χ3v) is 4.04. The molecule has 2 N–H and O–H groups in total. The van der Waals surface area contributed by atoms with Crippen LogP contribution in [0.2, 0.25) is 0 Å². The van der Waals surface area contributed by atoms with E-state index in [-0.39, 0.29) is 17.9 Å². The molecule has 2 unspecified atom stereocenters. The zero-order valence-corrected chi connectivity index (χ0v) is 13.2. The van der Waals surface area contributed by atoms with Crippen LogP contribution < -0.4 is 10.6 Å². The van der Waals surface area contributed by atoms with Crippen LogP contribution in [-0.4, -0.2) is 31.7 Å². The number of ether oxygens (including phenoxy) is 1. The van der Waals surface area contributed by atoms with Crippen molar-refractivity contribution in [1.29, 1.82) is 0 Å². The number of nitrogens with one attached hydrogen (secondary N) is 2. The topological polar surface area (TPSA) is 50.4 Å². The van der Waals surface area contributed by atoms with Crippen molar-refractivity contribution in [3.05, 3.63) is 35.4 Å². The van der Waals surface area contributed by atoms with Crippen LogP contribution in [0.4, 0.5) is 0 Å². The van der Waals surface area contributed by atoms with Gasteiger partial charge in [-0.1, -0.05) is 38.1 Å². The Bertz CT molecular complexity index is 474. The number of fused-ring (bicyclic) bond motifs is 1. The molecule has 4 heteroatoms. The second-order valence-corrected chi connectivity index (χ2v) is 5.90. The van der Waals surface area contributed by atoms with Crippen LogP contribution in [0.3, 0.4) is 0 Å². The summed E-state index contributed by atoms with van der Waals surface area (Å²) in [4.78, 5) is 12.6.